The second-order valence-corrected chi connectivity index (χ2v) is 7.46. The van der Waals surface area contributed by atoms with Crippen molar-refractivity contribution in [2.24, 2.45) is 0 Å². The van der Waals surface area contributed by atoms with E-state index in [0.29, 0.717) is 16.5 Å². The highest BCUT2D eigenvalue weighted by Gasteiger charge is 2.18. The summed E-state index contributed by atoms with van der Waals surface area (Å²) in [5.41, 5.74) is 0.610. The zero-order valence-corrected chi connectivity index (χ0v) is 16.2. The first kappa shape index (κ1) is 20.4. The molecular weight excluding hydrogens is 388 g/mol. The van der Waals surface area contributed by atoms with E-state index < -0.39 is 6.61 Å². The molecule has 0 aliphatic carbocycles. The van der Waals surface area contributed by atoms with Crippen molar-refractivity contribution in [2.45, 2.75) is 43.9 Å². The van der Waals surface area contributed by atoms with E-state index in [1.165, 1.54) is 47.8 Å². The van der Waals surface area contributed by atoms with Gasteiger partial charge in [0.1, 0.15) is 5.75 Å². The molecular formula is C18H23F2N5O2S. The van der Waals surface area contributed by atoms with Crippen LogP contribution in [0.15, 0.2) is 29.4 Å². The fourth-order valence-electron chi connectivity index (χ4n) is 3.07. The Morgan fingerprint density at radius 3 is 2.39 bits per heavy atom. The molecule has 3 rings (SSSR count). The maximum Gasteiger partial charge on any atom is 0.387 e. The molecule has 1 aromatic carbocycles. The quantitative estimate of drug-likeness (QED) is 0.581. The second-order valence-electron chi connectivity index (χ2n) is 6.52. The number of carbonyl (C=O) groups is 1. The van der Waals surface area contributed by atoms with Crippen molar-refractivity contribution < 1.29 is 18.3 Å². The zero-order chi connectivity index (χ0) is 19.9. The summed E-state index contributed by atoms with van der Waals surface area (Å²) in [6.07, 6.45) is 5.65. The third-order valence-corrected chi connectivity index (χ3v) is 5.46. The van der Waals surface area contributed by atoms with Gasteiger partial charge in [-0.2, -0.15) is 8.78 Å². The van der Waals surface area contributed by atoms with Crippen LogP contribution < -0.4 is 10.6 Å². The molecule has 1 amide bonds. The van der Waals surface area contributed by atoms with Gasteiger partial charge < -0.3 is 15.5 Å². The van der Waals surface area contributed by atoms with Crippen LogP contribution in [0.25, 0.3) is 11.4 Å². The third-order valence-electron chi connectivity index (χ3n) is 4.54. The Morgan fingerprint density at radius 1 is 1.11 bits per heavy atom. The number of halogens is 2. The normalized spacial score (nSPS) is 15.3. The van der Waals surface area contributed by atoms with Crippen LogP contribution >= 0.6 is 11.8 Å². The molecule has 0 radical (unpaired) electrons. The van der Waals surface area contributed by atoms with Crippen molar-refractivity contribution in [2.75, 3.05) is 24.7 Å². The van der Waals surface area contributed by atoms with Crippen LogP contribution in [0, 0.1) is 0 Å². The molecule has 1 aliphatic rings. The number of aromatic nitrogens is 3. The number of nitrogens with two attached hydrogens (primary N) is 1. The summed E-state index contributed by atoms with van der Waals surface area (Å²) in [4.78, 5) is 14.4. The molecule has 28 heavy (non-hydrogen) atoms. The summed E-state index contributed by atoms with van der Waals surface area (Å²) in [6, 6.07) is 5.97. The van der Waals surface area contributed by atoms with E-state index in [-0.39, 0.29) is 17.4 Å². The van der Waals surface area contributed by atoms with Crippen LogP contribution in [0.1, 0.15) is 32.1 Å². The number of benzene rings is 1. The summed E-state index contributed by atoms with van der Waals surface area (Å²) in [6.45, 7) is -1.28. The number of rotatable bonds is 6. The van der Waals surface area contributed by atoms with E-state index >= 15 is 0 Å². The molecule has 0 spiro atoms. The third kappa shape index (κ3) is 5.34. The molecule has 1 aromatic heterocycles. The molecule has 1 saturated heterocycles. The van der Waals surface area contributed by atoms with Gasteiger partial charge in [-0.05, 0) is 37.1 Å². The summed E-state index contributed by atoms with van der Waals surface area (Å²) >= 11 is 1.24. The molecule has 7 nitrogen and oxygen atoms in total. The number of nitrogen functional groups attached to an aromatic ring is 1. The van der Waals surface area contributed by atoms with Gasteiger partial charge >= 0.3 is 6.61 Å². The SMILES string of the molecule is Nn1c(SCC(=O)N2CCCCCCC2)nnc1-c1ccc(OC(F)F)cc1. The predicted octanol–water partition coefficient (Wildman–Crippen LogP) is 3.15. The monoisotopic (exact) mass is 411 g/mol. The Hall–Kier alpha value is -2.36. The number of carbonyl (C=O) groups excluding carboxylic acids is 1. The van der Waals surface area contributed by atoms with Gasteiger partial charge in [-0.25, -0.2) is 4.68 Å². The number of thioether (sulfide) groups is 1. The summed E-state index contributed by atoms with van der Waals surface area (Å²) in [5, 5.41) is 8.51. The first-order valence-electron chi connectivity index (χ1n) is 9.21. The lowest BCUT2D eigenvalue weighted by molar-refractivity contribution is -0.128. The maximum absolute atomic E-state index is 12.5. The fourth-order valence-corrected chi connectivity index (χ4v) is 3.83. The van der Waals surface area contributed by atoms with Crippen molar-refractivity contribution in [1.82, 2.24) is 19.8 Å². The highest BCUT2D eigenvalue weighted by molar-refractivity contribution is 7.99. The number of amides is 1. The molecule has 1 fully saturated rings. The van der Waals surface area contributed by atoms with E-state index in [0.717, 1.165) is 25.9 Å². The van der Waals surface area contributed by atoms with Crippen LogP contribution in [-0.2, 0) is 4.79 Å². The van der Waals surface area contributed by atoms with Crippen molar-refractivity contribution in [3.05, 3.63) is 24.3 Å². The molecule has 1 aliphatic heterocycles. The number of alkyl halides is 2. The predicted molar refractivity (Wildman–Crippen MR) is 103 cm³/mol. The Morgan fingerprint density at radius 2 is 1.75 bits per heavy atom. The zero-order valence-electron chi connectivity index (χ0n) is 15.4. The average Bonchev–Trinajstić information content (AvgIpc) is 3.00. The standard InChI is InChI=1S/C18H23F2N5O2S/c19-17(20)27-14-8-6-13(7-9-14)16-22-23-18(25(16)21)28-12-15(26)24-10-4-2-1-3-5-11-24/h6-9,17H,1-5,10-12,21H2. The van der Waals surface area contributed by atoms with Crippen molar-refractivity contribution in [3.8, 4) is 17.1 Å². The Kier molecular flexibility index (Phi) is 7.07. The smallest absolute Gasteiger partial charge is 0.387 e. The molecule has 0 unspecified atom stereocenters. The van der Waals surface area contributed by atoms with E-state index in [1.54, 1.807) is 12.1 Å². The lowest BCUT2D eigenvalue weighted by atomic mass is 10.1. The Bertz CT molecular complexity index is 777. The Balaban J connectivity index is 1.60. The van der Waals surface area contributed by atoms with E-state index in [9.17, 15) is 13.6 Å². The Labute approximate surface area is 166 Å². The van der Waals surface area contributed by atoms with Gasteiger partial charge in [0.2, 0.25) is 11.1 Å². The minimum absolute atomic E-state index is 0.0512. The van der Waals surface area contributed by atoms with Gasteiger partial charge in [0, 0.05) is 18.7 Å². The van der Waals surface area contributed by atoms with Crippen molar-refractivity contribution in [3.63, 3.8) is 0 Å². The minimum Gasteiger partial charge on any atom is -0.435 e. The van der Waals surface area contributed by atoms with Gasteiger partial charge in [0.05, 0.1) is 5.75 Å². The molecule has 152 valence electrons. The van der Waals surface area contributed by atoms with E-state index in [1.807, 2.05) is 4.90 Å². The first-order chi connectivity index (χ1) is 13.5. The number of nitrogens with zero attached hydrogens (tertiary/aromatic N) is 4. The van der Waals surface area contributed by atoms with E-state index in [2.05, 4.69) is 14.9 Å². The summed E-state index contributed by atoms with van der Waals surface area (Å²) < 4.78 is 30.1. The number of hydrogen-bond acceptors (Lipinski definition) is 6. The van der Waals surface area contributed by atoms with Crippen LogP contribution in [0.3, 0.4) is 0 Å². The highest BCUT2D eigenvalue weighted by Crippen LogP contribution is 2.24. The summed E-state index contributed by atoms with van der Waals surface area (Å²) in [7, 11) is 0. The first-order valence-corrected chi connectivity index (χ1v) is 10.2. The molecule has 10 heteroatoms. The lowest BCUT2D eigenvalue weighted by Crippen LogP contribution is -2.35. The molecule has 0 bridgehead atoms. The van der Waals surface area contributed by atoms with Crippen molar-refractivity contribution in [1.29, 1.82) is 0 Å². The highest BCUT2D eigenvalue weighted by atomic mass is 32.2. The maximum atomic E-state index is 12.5. The second kappa shape index (κ2) is 9.72. The molecule has 0 atom stereocenters. The number of likely N-dealkylation sites (tertiary alicyclic amines) is 1. The number of ether oxygens (including phenoxy) is 1. The van der Waals surface area contributed by atoms with Gasteiger partial charge in [-0.15, -0.1) is 10.2 Å². The lowest BCUT2D eigenvalue weighted by Gasteiger charge is -2.24. The summed E-state index contributed by atoms with van der Waals surface area (Å²) in [5.74, 6) is 6.81. The average molecular weight is 411 g/mol. The molecule has 2 aromatic rings. The van der Waals surface area contributed by atoms with Crippen molar-refractivity contribution >= 4 is 17.7 Å². The van der Waals surface area contributed by atoms with Gasteiger partial charge in [0.15, 0.2) is 5.82 Å². The van der Waals surface area contributed by atoms with Gasteiger partial charge in [-0.1, -0.05) is 31.0 Å². The van der Waals surface area contributed by atoms with Gasteiger partial charge in [-0.3, -0.25) is 4.79 Å². The molecule has 2 heterocycles. The minimum atomic E-state index is -2.88. The van der Waals surface area contributed by atoms with E-state index in [4.69, 9.17) is 5.84 Å². The number of hydrogen-bond donors (Lipinski definition) is 1. The molecule has 0 saturated carbocycles. The van der Waals surface area contributed by atoms with Crippen LogP contribution in [0.2, 0.25) is 0 Å². The van der Waals surface area contributed by atoms with Crippen LogP contribution in [0.4, 0.5) is 8.78 Å². The molecule has 2 N–H and O–H groups in total. The fraction of sp³-hybridized carbons (Fsp3) is 0.500. The van der Waals surface area contributed by atoms with Gasteiger partial charge in [0.25, 0.3) is 0 Å². The van der Waals surface area contributed by atoms with Crippen LogP contribution in [-0.4, -0.2) is 51.1 Å². The largest absolute Gasteiger partial charge is 0.435 e. The van der Waals surface area contributed by atoms with Crippen LogP contribution in [0.5, 0.6) is 5.75 Å². The topological polar surface area (TPSA) is 86.3 Å².